The zero-order valence-electron chi connectivity index (χ0n) is 15.0. The molecule has 0 saturated heterocycles. The van der Waals surface area contributed by atoms with Crippen molar-refractivity contribution in [3.63, 3.8) is 0 Å². The van der Waals surface area contributed by atoms with Crippen molar-refractivity contribution in [2.45, 2.75) is 19.8 Å². The summed E-state index contributed by atoms with van der Waals surface area (Å²) in [5.74, 6) is 0.829. The molecule has 1 heterocycles. The summed E-state index contributed by atoms with van der Waals surface area (Å²) in [6.07, 6.45) is 1.19. The minimum atomic E-state index is 0.0322. The standard InChI is InChI=1S/C21H22N2O2S/c1-15-23-20(14-26-15)18-7-3-16(4-8-18)11-12-22-21(24)13-17-5-9-19(25-2)10-6-17/h3-10,14H,11-13H2,1-2H3,(H,22,24). The van der Waals surface area contributed by atoms with Gasteiger partial charge in [0.25, 0.3) is 0 Å². The van der Waals surface area contributed by atoms with E-state index in [1.54, 1.807) is 18.4 Å². The van der Waals surface area contributed by atoms with E-state index in [1.807, 2.05) is 31.2 Å². The number of methoxy groups -OCH3 is 1. The third-order valence-corrected chi connectivity index (χ3v) is 4.90. The quantitative estimate of drug-likeness (QED) is 0.687. The number of benzene rings is 2. The minimum absolute atomic E-state index is 0.0322. The van der Waals surface area contributed by atoms with Gasteiger partial charge in [-0.05, 0) is 36.6 Å². The van der Waals surface area contributed by atoms with Crippen molar-refractivity contribution in [2.75, 3.05) is 13.7 Å². The van der Waals surface area contributed by atoms with Crippen molar-refractivity contribution in [3.8, 4) is 17.0 Å². The molecule has 0 aliphatic rings. The first-order valence-corrected chi connectivity index (χ1v) is 9.43. The Morgan fingerprint density at radius 1 is 1.08 bits per heavy atom. The zero-order chi connectivity index (χ0) is 18.4. The van der Waals surface area contributed by atoms with Crippen LogP contribution in [0.4, 0.5) is 0 Å². The first kappa shape index (κ1) is 18.1. The molecule has 0 saturated carbocycles. The number of hydrogen-bond acceptors (Lipinski definition) is 4. The Labute approximate surface area is 157 Å². The van der Waals surface area contributed by atoms with Gasteiger partial charge in [0.1, 0.15) is 5.75 Å². The Balaban J connectivity index is 1.45. The van der Waals surface area contributed by atoms with Crippen LogP contribution >= 0.6 is 11.3 Å². The number of thiazole rings is 1. The fourth-order valence-corrected chi connectivity index (χ4v) is 3.30. The van der Waals surface area contributed by atoms with E-state index < -0.39 is 0 Å². The maximum Gasteiger partial charge on any atom is 0.224 e. The largest absolute Gasteiger partial charge is 0.497 e. The summed E-state index contributed by atoms with van der Waals surface area (Å²) in [5.41, 5.74) is 4.32. The van der Waals surface area contributed by atoms with Gasteiger partial charge < -0.3 is 10.1 Å². The molecule has 0 aliphatic carbocycles. The topological polar surface area (TPSA) is 51.2 Å². The van der Waals surface area contributed by atoms with Crippen molar-refractivity contribution in [1.29, 1.82) is 0 Å². The van der Waals surface area contributed by atoms with E-state index >= 15 is 0 Å². The van der Waals surface area contributed by atoms with Crippen molar-refractivity contribution in [1.82, 2.24) is 10.3 Å². The molecular weight excluding hydrogens is 344 g/mol. The summed E-state index contributed by atoms with van der Waals surface area (Å²) in [4.78, 5) is 16.5. The second kappa shape index (κ2) is 8.63. The number of hydrogen-bond donors (Lipinski definition) is 1. The molecule has 0 fully saturated rings. The SMILES string of the molecule is COc1ccc(CC(=O)NCCc2ccc(-c3csc(C)n3)cc2)cc1. The highest BCUT2D eigenvalue weighted by molar-refractivity contribution is 7.09. The molecule has 0 unspecified atom stereocenters. The van der Waals surface area contributed by atoms with Crippen LogP contribution in [0.25, 0.3) is 11.3 Å². The van der Waals surface area contributed by atoms with Gasteiger partial charge in [-0.2, -0.15) is 0 Å². The highest BCUT2D eigenvalue weighted by atomic mass is 32.1. The van der Waals surface area contributed by atoms with Crippen molar-refractivity contribution < 1.29 is 9.53 Å². The maximum atomic E-state index is 12.0. The Hall–Kier alpha value is -2.66. The van der Waals surface area contributed by atoms with E-state index in [0.717, 1.165) is 34.0 Å². The van der Waals surface area contributed by atoms with Gasteiger partial charge in [0.05, 0.1) is 24.2 Å². The monoisotopic (exact) mass is 366 g/mol. The highest BCUT2D eigenvalue weighted by Crippen LogP contribution is 2.21. The first-order chi connectivity index (χ1) is 12.6. The van der Waals surface area contributed by atoms with E-state index in [4.69, 9.17) is 4.74 Å². The molecule has 1 aromatic heterocycles. The third kappa shape index (κ3) is 4.92. The van der Waals surface area contributed by atoms with Crippen LogP contribution in [0.15, 0.2) is 53.9 Å². The number of aryl methyl sites for hydroxylation is 1. The highest BCUT2D eigenvalue weighted by Gasteiger charge is 2.05. The average Bonchev–Trinajstić information content (AvgIpc) is 3.09. The molecule has 4 nitrogen and oxygen atoms in total. The lowest BCUT2D eigenvalue weighted by atomic mass is 10.1. The summed E-state index contributed by atoms with van der Waals surface area (Å²) >= 11 is 1.66. The number of carbonyl (C=O) groups is 1. The van der Waals surface area contributed by atoms with Gasteiger partial charge in [-0.3, -0.25) is 4.79 Å². The van der Waals surface area contributed by atoms with E-state index in [-0.39, 0.29) is 5.91 Å². The second-order valence-corrected chi connectivity index (χ2v) is 7.14. The Morgan fingerprint density at radius 2 is 1.77 bits per heavy atom. The molecule has 5 heteroatoms. The first-order valence-electron chi connectivity index (χ1n) is 8.55. The third-order valence-electron chi connectivity index (χ3n) is 4.13. The van der Waals surface area contributed by atoms with Crippen LogP contribution in [0, 0.1) is 6.92 Å². The van der Waals surface area contributed by atoms with Gasteiger partial charge >= 0.3 is 0 Å². The molecule has 3 rings (SSSR count). The van der Waals surface area contributed by atoms with Gasteiger partial charge in [0.15, 0.2) is 0 Å². The zero-order valence-corrected chi connectivity index (χ0v) is 15.8. The van der Waals surface area contributed by atoms with Crippen LogP contribution in [0.2, 0.25) is 0 Å². The summed E-state index contributed by atoms with van der Waals surface area (Å²) < 4.78 is 5.12. The van der Waals surface area contributed by atoms with Crippen LogP contribution in [0.3, 0.4) is 0 Å². The molecule has 1 amide bonds. The molecule has 0 bridgehead atoms. The molecule has 1 N–H and O–H groups in total. The number of amides is 1. The molecule has 0 radical (unpaired) electrons. The van der Waals surface area contributed by atoms with Crippen LogP contribution in [-0.2, 0) is 17.6 Å². The number of nitrogens with one attached hydrogen (secondary N) is 1. The normalized spacial score (nSPS) is 10.5. The molecule has 0 spiro atoms. The molecule has 134 valence electrons. The fourth-order valence-electron chi connectivity index (χ4n) is 2.68. The predicted octanol–water partition coefficient (Wildman–Crippen LogP) is 4.03. The van der Waals surface area contributed by atoms with Crippen molar-refractivity contribution in [2.24, 2.45) is 0 Å². The van der Waals surface area contributed by atoms with Gasteiger partial charge in [-0.15, -0.1) is 11.3 Å². The summed E-state index contributed by atoms with van der Waals surface area (Å²) in [7, 11) is 1.63. The predicted molar refractivity (Wildman–Crippen MR) is 106 cm³/mol. The van der Waals surface area contributed by atoms with Crippen LogP contribution in [0.1, 0.15) is 16.1 Å². The lowest BCUT2D eigenvalue weighted by Gasteiger charge is -2.07. The molecule has 0 aliphatic heterocycles. The molecule has 2 aromatic carbocycles. The van der Waals surface area contributed by atoms with Crippen LogP contribution in [-0.4, -0.2) is 24.5 Å². The summed E-state index contributed by atoms with van der Waals surface area (Å²) in [5, 5.41) is 6.12. The Kier molecular flexibility index (Phi) is 6.02. The van der Waals surface area contributed by atoms with Crippen LogP contribution in [0.5, 0.6) is 5.75 Å². The Morgan fingerprint density at radius 3 is 2.38 bits per heavy atom. The number of nitrogens with zero attached hydrogens (tertiary/aromatic N) is 1. The number of carbonyl (C=O) groups excluding carboxylic acids is 1. The fraction of sp³-hybridized carbons (Fsp3) is 0.238. The van der Waals surface area contributed by atoms with E-state index in [2.05, 4.69) is 39.9 Å². The molecular formula is C21H22N2O2S. The van der Waals surface area contributed by atoms with Crippen molar-refractivity contribution in [3.05, 3.63) is 70.0 Å². The minimum Gasteiger partial charge on any atom is -0.497 e. The summed E-state index contributed by atoms with van der Waals surface area (Å²) in [6.45, 7) is 2.64. The number of rotatable bonds is 7. The van der Waals surface area contributed by atoms with Gasteiger partial charge in [-0.1, -0.05) is 36.4 Å². The van der Waals surface area contributed by atoms with Gasteiger partial charge in [-0.25, -0.2) is 4.98 Å². The number of aromatic nitrogens is 1. The average molecular weight is 366 g/mol. The van der Waals surface area contributed by atoms with E-state index in [9.17, 15) is 4.79 Å². The van der Waals surface area contributed by atoms with Gasteiger partial charge in [0, 0.05) is 17.5 Å². The number of ether oxygens (including phenoxy) is 1. The van der Waals surface area contributed by atoms with E-state index in [0.29, 0.717) is 13.0 Å². The smallest absolute Gasteiger partial charge is 0.224 e. The molecule has 3 aromatic rings. The summed E-state index contributed by atoms with van der Waals surface area (Å²) in [6, 6.07) is 15.9. The van der Waals surface area contributed by atoms with Crippen LogP contribution < -0.4 is 10.1 Å². The van der Waals surface area contributed by atoms with E-state index in [1.165, 1.54) is 5.56 Å². The van der Waals surface area contributed by atoms with Crippen molar-refractivity contribution >= 4 is 17.2 Å². The second-order valence-electron chi connectivity index (χ2n) is 6.07. The maximum absolute atomic E-state index is 12.0. The van der Waals surface area contributed by atoms with Gasteiger partial charge in [0.2, 0.25) is 5.91 Å². The Bertz CT molecular complexity index is 854. The molecule has 0 atom stereocenters. The lowest BCUT2D eigenvalue weighted by Crippen LogP contribution is -2.27. The molecule has 26 heavy (non-hydrogen) atoms. The lowest BCUT2D eigenvalue weighted by molar-refractivity contribution is -0.120.